The average Bonchev–Trinajstić information content (AvgIpc) is 4.09. The number of aromatic nitrogens is 1. The lowest BCUT2D eigenvalue weighted by atomic mass is 9.92. The zero-order valence-electron chi connectivity index (χ0n) is 29.4. The molecular weight excluding hydrogens is 638 g/mol. The maximum atomic E-state index is 13.0. The highest BCUT2D eigenvalue weighted by atomic mass is 16.5. The Balaban J connectivity index is 1.21. The van der Waals surface area contributed by atoms with Gasteiger partial charge in [-0.3, -0.25) is 9.78 Å². The zero-order valence-corrected chi connectivity index (χ0v) is 29.4. The summed E-state index contributed by atoms with van der Waals surface area (Å²) in [6.45, 7) is 4.88. The number of carbonyl (C=O) groups excluding carboxylic acids is 1. The van der Waals surface area contributed by atoms with E-state index >= 15 is 0 Å². The number of hydrogen-bond donors (Lipinski definition) is 6. The van der Waals surface area contributed by atoms with Crippen LogP contribution in [-0.2, 0) is 21.6 Å². The van der Waals surface area contributed by atoms with Crippen LogP contribution in [0.2, 0.25) is 0 Å². The third-order valence-electron chi connectivity index (χ3n) is 10.1. The molecule has 50 heavy (non-hydrogen) atoms. The molecule has 1 amide bonds. The lowest BCUT2D eigenvalue weighted by Gasteiger charge is -2.30. The fraction of sp³-hybridized carbons (Fsp3) is 0.538. The number of pyridine rings is 1. The number of carbonyl (C=O) groups is 1. The molecule has 0 spiro atoms. The Morgan fingerprint density at radius 2 is 1.80 bits per heavy atom. The minimum absolute atomic E-state index is 0.160. The van der Waals surface area contributed by atoms with Gasteiger partial charge in [0.15, 0.2) is 6.10 Å². The van der Waals surface area contributed by atoms with Gasteiger partial charge in [0.1, 0.15) is 24.1 Å². The van der Waals surface area contributed by atoms with E-state index in [-0.39, 0.29) is 24.6 Å². The first-order valence-electron chi connectivity index (χ1n) is 17.7. The first kappa shape index (κ1) is 37.8. The fourth-order valence-electron chi connectivity index (χ4n) is 6.43. The van der Waals surface area contributed by atoms with Crippen molar-refractivity contribution in [2.24, 2.45) is 0 Å². The number of ether oxygens (including phenoxy) is 2. The van der Waals surface area contributed by atoms with Crippen molar-refractivity contribution in [2.45, 2.75) is 101 Å². The minimum Gasteiger partial charge on any atom is -0.490 e. The van der Waals surface area contributed by atoms with E-state index in [4.69, 9.17) is 14.6 Å². The SMILES string of the molecule is COCCN(CCCC(C)c1ccc(C)c(CNC2(c3cnccc3-c3ccccc3OC3CC3)CC2)c1)C(=O)C(O)C(O)C(O)C(O)CO. The second kappa shape index (κ2) is 17.2. The van der Waals surface area contributed by atoms with Gasteiger partial charge in [-0.05, 0) is 91.3 Å². The lowest BCUT2D eigenvalue weighted by Crippen LogP contribution is -2.53. The predicted octanol–water partition coefficient (Wildman–Crippen LogP) is 3.17. The minimum atomic E-state index is -1.96. The molecule has 11 nitrogen and oxygen atoms in total. The summed E-state index contributed by atoms with van der Waals surface area (Å²) in [6.07, 6.45) is 2.33. The van der Waals surface area contributed by atoms with Gasteiger partial charge in [-0.25, -0.2) is 0 Å². The van der Waals surface area contributed by atoms with E-state index in [1.165, 1.54) is 34.3 Å². The second-order valence-electron chi connectivity index (χ2n) is 13.9. The number of benzene rings is 2. The van der Waals surface area contributed by atoms with Crippen molar-refractivity contribution in [1.82, 2.24) is 15.2 Å². The Bertz CT molecular complexity index is 1560. The molecule has 5 rings (SSSR count). The van der Waals surface area contributed by atoms with Crippen molar-refractivity contribution in [3.63, 3.8) is 0 Å². The molecule has 6 N–H and O–H groups in total. The number of aliphatic hydroxyl groups is 5. The fourth-order valence-corrected chi connectivity index (χ4v) is 6.43. The predicted molar refractivity (Wildman–Crippen MR) is 189 cm³/mol. The number of methoxy groups -OCH3 is 1. The molecule has 2 saturated carbocycles. The van der Waals surface area contributed by atoms with Gasteiger partial charge in [0.2, 0.25) is 0 Å². The molecule has 1 aromatic heterocycles. The van der Waals surface area contributed by atoms with Gasteiger partial charge in [0, 0.05) is 50.2 Å². The maximum absolute atomic E-state index is 13.0. The van der Waals surface area contributed by atoms with E-state index in [9.17, 15) is 25.2 Å². The van der Waals surface area contributed by atoms with Gasteiger partial charge in [0.25, 0.3) is 5.91 Å². The van der Waals surface area contributed by atoms with E-state index in [2.05, 4.69) is 66.6 Å². The standard InChI is InChI=1S/C39H53N3O8/c1-25(7-6-18-42(19-20-49-3)38(48)37(47)36(46)35(45)33(44)24-43)27-11-10-26(2)28(21-27)22-41-39(15-16-39)32-23-40-17-14-30(32)31-8-4-5-9-34(31)50-29-12-13-29/h4-5,8-11,14,17,21,23,25,29,33,35-37,41,43-47H,6-7,12-13,15-16,18-20,22,24H2,1-3H3. The van der Waals surface area contributed by atoms with E-state index in [0.29, 0.717) is 25.6 Å². The van der Waals surface area contributed by atoms with Crippen LogP contribution in [0.3, 0.4) is 0 Å². The van der Waals surface area contributed by atoms with Gasteiger partial charge >= 0.3 is 0 Å². The summed E-state index contributed by atoms with van der Waals surface area (Å²) in [7, 11) is 1.51. The van der Waals surface area contributed by atoms with E-state index in [0.717, 1.165) is 49.0 Å². The summed E-state index contributed by atoms with van der Waals surface area (Å²) < 4.78 is 11.4. The molecule has 0 aliphatic heterocycles. The Labute approximate surface area is 294 Å². The number of aryl methyl sites for hydroxylation is 1. The van der Waals surface area contributed by atoms with Gasteiger partial charge in [0.05, 0.1) is 19.3 Å². The number of amides is 1. The monoisotopic (exact) mass is 691 g/mol. The molecule has 2 aliphatic carbocycles. The molecule has 1 heterocycles. The summed E-state index contributed by atoms with van der Waals surface area (Å²) >= 11 is 0. The lowest BCUT2D eigenvalue weighted by molar-refractivity contribution is -0.159. The van der Waals surface area contributed by atoms with Crippen LogP contribution >= 0.6 is 0 Å². The Morgan fingerprint density at radius 3 is 2.50 bits per heavy atom. The molecule has 2 aliphatic rings. The summed E-state index contributed by atoms with van der Waals surface area (Å²) in [5.74, 6) is 0.334. The quantitative estimate of drug-likeness (QED) is 0.104. The van der Waals surface area contributed by atoms with Gasteiger partial charge < -0.3 is 45.2 Å². The molecule has 3 aromatic rings. The van der Waals surface area contributed by atoms with Crippen LogP contribution in [-0.4, -0.2) is 105 Å². The Morgan fingerprint density at radius 1 is 1.04 bits per heavy atom. The van der Waals surface area contributed by atoms with Crippen molar-refractivity contribution >= 4 is 5.91 Å². The highest BCUT2D eigenvalue weighted by Gasteiger charge is 2.46. The Hall–Kier alpha value is -3.42. The number of para-hydroxylation sites is 1. The van der Waals surface area contributed by atoms with Crippen molar-refractivity contribution in [3.05, 3.63) is 83.2 Å². The summed E-state index contributed by atoms with van der Waals surface area (Å²) in [4.78, 5) is 19.0. The highest BCUT2D eigenvalue weighted by Crippen LogP contribution is 2.50. The zero-order chi connectivity index (χ0) is 35.8. The largest absolute Gasteiger partial charge is 0.490 e. The van der Waals surface area contributed by atoms with Gasteiger partial charge in [-0.1, -0.05) is 43.3 Å². The first-order valence-corrected chi connectivity index (χ1v) is 17.7. The molecule has 5 atom stereocenters. The Kier molecular flexibility index (Phi) is 13.0. The third kappa shape index (κ3) is 9.27. The number of nitrogens with one attached hydrogen (secondary N) is 1. The van der Waals surface area contributed by atoms with Crippen LogP contribution in [0.1, 0.15) is 73.6 Å². The van der Waals surface area contributed by atoms with Crippen LogP contribution in [0.25, 0.3) is 11.1 Å². The molecule has 0 radical (unpaired) electrons. The summed E-state index contributed by atoms with van der Waals surface area (Å²) in [5.41, 5.74) is 6.90. The number of aliphatic hydroxyl groups excluding tert-OH is 5. The molecule has 0 bridgehead atoms. The molecule has 2 fully saturated rings. The van der Waals surface area contributed by atoms with E-state index in [1.54, 1.807) is 0 Å². The third-order valence-corrected chi connectivity index (χ3v) is 10.1. The van der Waals surface area contributed by atoms with Crippen LogP contribution in [0, 0.1) is 6.92 Å². The van der Waals surface area contributed by atoms with Crippen LogP contribution in [0.5, 0.6) is 5.75 Å². The summed E-state index contributed by atoms with van der Waals surface area (Å²) in [5, 5.41) is 53.3. The van der Waals surface area contributed by atoms with E-state index in [1.807, 2.05) is 18.5 Å². The molecular formula is C39H53N3O8. The molecule has 272 valence electrons. The summed E-state index contributed by atoms with van der Waals surface area (Å²) in [6, 6.07) is 16.9. The van der Waals surface area contributed by atoms with Crippen molar-refractivity contribution in [2.75, 3.05) is 33.4 Å². The van der Waals surface area contributed by atoms with Crippen LogP contribution in [0.15, 0.2) is 60.9 Å². The molecule has 5 unspecified atom stereocenters. The normalized spacial score (nSPS) is 18.2. The van der Waals surface area contributed by atoms with Crippen molar-refractivity contribution in [3.8, 4) is 16.9 Å². The smallest absolute Gasteiger partial charge is 0.254 e. The average molecular weight is 692 g/mol. The second-order valence-corrected chi connectivity index (χ2v) is 13.9. The number of rotatable bonds is 20. The topological polar surface area (TPSA) is 165 Å². The molecule has 2 aromatic carbocycles. The molecule has 0 saturated heterocycles. The van der Waals surface area contributed by atoms with Crippen molar-refractivity contribution < 1.29 is 39.8 Å². The van der Waals surface area contributed by atoms with Crippen LogP contribution in [0.4, 0.5) is 0 Å². The number of hydrogen-bond acceptors (Lipinski definition) is 10. The van der Waals surface area contributed by atoms with Crippen molar-refractivity contribution in [1.29, 1.82) is 0 Å². The maximum Gasteiger partial charge on any atom is 0.254 e. The van der Waals surface area contributed by atoms with Gasteiger partial charge in [-0.15, -0.1) is 0 Å². The molecule has 11 heteroatoms. The highest BCUT2D eigenvalue weighted by molar-refractivity contribution is 5.81. The first-order chi connectivity index (χ1) is 24.1. The van der Waals surface area contributed by atoms with Crippen LogP contribution < -0.4 is 10.1 Å². The van der Waals surface area contributed by atoms with Gasteiger partial charge in [-0.2, -0.15) is 0 Å². The van der Waals surface area contributed by atoms with E-state index < -0.39 is 36.9 Å². The number of nitrogens with zero attached hydrogens (tertiary/aromatic N) is 2.